The second-order valence-electron chi connectivity index (χ2n) is 4.12. The van der Waals surface area contributed by atoms with Crippen LogP contribution in [0.4, 0.5) is 4.39 Å². The largest absolute Gasteiger partial charge is 0.381 e. The topological polar surface area (TPSA) is 35.2 Å². The molecule has 2 N–H and O–H groups in total. The number of rotatable bonds is 2. The minimum absolute atomic E-state index is 0.139. The second-order valence-corrected chi connectivity index (χ2v) is 4.53. The van der Waals surface area contributed by atoms with Crippen molar-refractivity contribution in [2.45, 2.75) is 18.9 Å². The molecule has 0 bridgehead atoms. The summed E-state index contributed by atoms with van der Waals surface area (Å²) >= 11 is 5.74. The van der Waals surface area contributed by atoms with E-state index in [1.165, 1.54) is 6.07 Å². The normalized spacial score (nSPS) is 19.7. The van der Waals surface area contributed by atoms with Crippen LogP contribution < -0.4 is 5.73 Å². The van der Waals surface area contributed by atoms with E-state index in [1.54, 1.807) is 12.1 Å². The van der Waals surface area contributed by atoms with Crippen LogP contribution in [0.3, 0.4) is 0 Å². The summed E-state index contributed by atoms with van der Waals surface area (Å²) in [5, 5.41) is 0.139. The highest BCUT2D eigenvalue weighted by Crippen LogP contribution is 2.31. The Labute approximate surface area is 99.5 Å². The van der Waals surface area contributed by atoms with Gasteiger partial charge in [-0.2, -0.15) is 0 Å². The van der Waals surface area contributed by atoms with Crippen LogP contribution in [0.25, 0.3) is 0 Å². The third kappa shape index (κ3) is 2.37. The first-order valence-electron chi connectivity index (χ1n) is 5.47. The Kier molecular flexibility index (Phi) is 3.79. The van der Waals surface area contributed by atoms with Gasteiger partial charge in [-0.3, -0.25) is 0 Å². The lowest BCUT2D eigenvalue weighted by atomic mass is 9.87. The molecule has 88 valence electrons. The van der Waals surface area contributed by atoms with Gasteiger partial charge in [0.15, 0.2) is 0 Å². The predicted octanol–water partition coefficient (Wildman–Crippen LogP) is 2.91. The molecule has 4 heteroatoms. The Morgan fingerprint density at radius 1 is 1.38 bits per heavy atom. The summed E-state index contributed by atoms with van der Waals surface area (Å²) in [5.41, 5.74) is 6.60. The predicted molar refractivity (Wildman–Crippen MR) is 61.9 cm³/mol. The lowest BCUT2D eigenvalue weighted by Crippen LogP contribution is -2.28. The Morgan fingerprint density at radius 2 is 2.06 bits per heavy atom. The van der Waals surface area contributed by atoms with Crippen LogP contribution in [0.1, 0.15) is 24.4 Å². The highest BCUT2D eigenvalue weighted by atomic mass is 35.5. The van der Waals surface area contributed by atoms with Crippen molar-refractivity contribution in [2.24, 2.45) is 11.7 Å². The molecule has 0 amide bonds. The maximum Gasteiger partial charge on any atom is 0.146 e. The van der Waals surface area contributed by atoms with Gasteiger partial charge in [0.05, 0.1) is 5.02 Å². The van der Waals surface area contributed by atoms with Crippen LogP contribution in [0.5, 0.6) is 0 Å². The second kappa shape index (κ2) is 5.13. The maximum absolute atomic E-state index is 13.8. The number of halogens is 2. The first-order valence-corrected chi connectivity index (χ1v) is 5.85. The van der Waals surface area contributed by atoms with Crippen LogP contribution >= 0.6 is 11.6 Å². The van der Waals surface area contributed by atoms with Gasteiger partial charge in [0.1, 0.15) is 5.82 Å². The zero-order chi connectivity index (χ0) is 11.5. The molecule has 1 aromatic carbocycles. The van der Waals surface area contributed by atoms with E-state index in [2.05, 4.69) is 0 Å². The zero-order valence-electron chi connectivity index (χ0n) is 8.96. The van der Waals surface area contributed by atoms with Gasteiger partial charge in [0, 0.05) is 24.8 Å². The molecule has 1 atom stereocenters. The highest BCUT2D eigenvalue weighted by Gasteiger charge is 2.24. The van der Waals surface area contributed by atoms with Crippen molar-refractivity contribution in [3.63, 3.8) is 0 Å². The molecule has 1 aliphatic heterocycles. The maximum atomic E-state index is 13.8. The number of ether oxygens (including phenoxy) is 1. The Bertz CT molecular complexity index is 366. The van der Waals surface area contributed by atoms with Crippen molar-refractivity contribution in [1.29, 1.82) is 0 Å². The van der Waals surface area contributed by atoms with E-state index in [0.29, 0.717) is 18.8 Å². The third-order valence-corrected chi connectivity index (χ3v) is 3.41. The van der Waals surface area contributed by atoms with E-state index >= 15 is 0 Å². The summed E-state index contributed by atoms with van der Waals surface area (Å²) in [7, 11) is 0. The van der Waals surface area contributed by atoms with E-state index in [1.807, 2.05) is 0 Å². The van der Waals surface area contributed by atoms with E-state index in [4.69, 9.17) is 22.1 Å². The van der Waals surface area contributed by atoms with Crippen molar-refractivity contribution in [3.8, 4) is 0 Å². The van der Waals surface area contributed by atoms with Gasteiger partial charge in [-0.25, -0.2) is 4.39 Å². The summed E-state index contributed by atoms with van der Waals surface area (Å²) in [4.78, 5) is 0. The van der Waals surface area contributed by atoms with Crippen LogP contribution in [-0.4, -0.2) is 13.2 Å². The molecule has 1 fully saturated rings. The van der Waals surface area contributed by atoms with Gasteiger partial charge in [-0.1, -0.05) is 23.7 Å². The van der Waals surface area contributed by atoms with Gasteiger partial charge in [0.2, 0.25) is 0 Å². The van der Waals surface area contributed by atoms with Gasteiger partial charge in [-0.05, 0) is 24.8 Å². The average molecular weight is 244 g/mol. The van der Waals surface area contributed by atoms with Crippen LogP contribution in [0.2, 0.25) is 5.02 Å². The van der Waals surface area contributed by atoms with E-state index in [9.17, 15) is 4.39 Å². The fourth-order valence-electron chi connectivity index (χ4n) is 2.11. The number of hydrogen-bond donors (Lipinski definition) is 1. The third-order valence-electron chi connectivity index (χ3n) is 3.11. The standard InChI is InChI=1S/C12H15ClFNO/c13-10-3-1-2-9(11(10)14)12(15)8-4-6-16-7-5-8/h1-3,8,12H,4-7,15H2/t12-/m1/s1. The van der Waals surface area contributed by atoms with Crippen molar-refractivity contribution >= 4 is 11.6 Å². The summed E-state index contributed by atoms with van der Waals surface area (Å²) in [6, 6.07) is 4.70. The lowest BCUT2D eigenvalue weighted by molar-refractivity contribution is 0.0580. The fourth-order valence-corrected chi connectivity index (χ4v) is 2.29. The van der Waals surface area contributed by atoms with Crippen molar-refractivity contribution in [2.75, 3.05) is 13.2 Å². The summed E-state index contributed by atoms with van der Waals surface area (Å²) in [5.74, 6) is -0.107. The van der Waals surface area contributed by atoms with Gasteiger partial charge >= 0.3 is 0 Å². The minimum Gasteiger partial charge on any atom is -0.381 e. The summed E-state index contributed by atoms with van der Waals surface area (Å²) in [6.07, 6.45) is 1.76. The molecular formula is C12H15ClFNO. The molecular weight excluding hydrogens is 229 g/mol. The lowest BCUT2D eigenvalue weighted by Gasteiger charge is -2.28. The Hall–Kier alpha value is -0.640. The first-order chi connectivity index (χ1) is 7.70. The molecule has 0 unspecified atom stereocenters. The molecule has 0 radical (unpaired) electrons. The minimum atomic E-state index is -0.386. The van der Waals surface area contributed by atoms with E-state index < -0.39 is 0 Å². The summed E-state index contributed by atoms with van der Waals surface area (Å²) < 4.78 is 19.0. The molecule has 2 rings (SSSR count). The molecule has 1 aliphatic rings. The highest BCUT2D eigenvalue weighted by molar-refractivity contribution is 6.30. The molecule has 1 saturated heterocycles. The molecule has 1 aromatic rings. The molecule has 0 aliphatic carbocycles. The quantitative estimate of drug-likeness (QED) is 0.867. The number of benzene rings is 1. The number of hydrogen-bond acceptors (Lipinski definition) is 2. The van der Waals surface area contributed by atoms with Gasteiger partial charge < -0.3 is 10.5 Å². The van der Waals surface area contributed by atoms with Crippen molar-refractivity contribution < 1.29 is 9.13 Å². The Morgan fingerprint density at radius 3 is 2.75 bits per heavy atom. The average Bonchev–Trinajstić information content (AvgIpc) is 2.33. The van der Waals surface area contributed by atoms with Crippen molar-refractivity contribution in [3.05, 3.63) is 34.6 Å². The molecule has 0 spiro atoms. The number of nitrogens with two attached hydrogens (primary N) is 1. The monoisotopic (exact) mass is 243 g/mol. The molecule has 2 nitrogen and oxygen atoms in total. The molecule has 16 heavy (non-hydrogen) atoms. The van der Waals surface area contributed by atoms with Crippen molar-refractivity contribution in [1.82, 2.24) is 0 Å². The van der Waals surface area contributed by atoms with E-state index in [0.717, 1.165) is 12.8 Å². The summed E-state index contributed by atoms with van der Waals surface area (Å²) in [6.45, 7) is 1.42. The van der Waals surface area contributed by atoms with Gasteiger partial charge in [-0.15, -0.1) is 0 Å². The van der Waals surface area contributed by atoms with Crippen LogP contribution in [0, 0.1) is 11.7 Å². The first kappa shape index (κ1) is 11.8. The van der Waals surface area contributed by atoms with Crippen LogP contribution in [-0.2, 0) is 4.74 Å². The molecule has 0 saturated carbocycles. The van der Waals surface area contributed by atoms with Gasteiger partial charge in [0.25, 0.3) is 0 Å². The van der Waals surface area contributed by atoms with Crippen LogP contribution in [0.15, 0.2) is 18.2 Å². The smallest absolute Gasteiger partial charge is 0.146 e. The molecule has 0 aromatic heterocycles. The zero-order valence-corrected chi connectivity index (χ0v) is 9.71. The molecule has 1 heterocycles. The SMILES string of the molecule is N[C@@H](c1cccc(Cl)c1F)C1CCOCC1. The Balaban J connectivity index is 2.19. The van der Waals surface area contributed by atoms with E-state index in [-0.39, 0.29) is 22.8 Å². The fraction of sp³-hybridized carbons (Fsp3) is 0.500.